The summed E-state index contributed by atoms with van der Waals surface area (Å²) in [5.41, 5.74) is 0.235. The Morgan fingerprint density at radius 1 is 1.69 bits per heavy atom. The topological polar surface area (TPSA) is 79.8 Å². The van der Waals surface area contributed by atoms with Crippen molar-refractivity contribution in [1.82, 2.24) is 4.98 Å². The first-order valence-electron chi connectivity index (χ1n) is 3.30. The Kier molecular flexibility index (Phi) is 2.93. The molecule has 0 N–H and O–H groups in total. The van der Waals surface area contributed by atoms with Crippen molar-refractivity contribution in [3.63, 3.8) is 0 Å². The molecular formula is C7H4BrN3O2. The highest BCUT2D eigenvalue weighted by Gasteiger charge is 2.16. The van der Waals surface area contributed by atoms with Gasteiger partial charge in [0.2, 0.25) is 0 Å². The number of rotatable bonds is 2. The van der Waals surface area contributed by atoms with Crippen molar-refractivity contribution in [3.05, 3.63) is 32.5 Å². The zero-order chi connectivity index (χ0) is 9.84. The van der Waals surface area contributed by atoms with E-state index in [4.69, 9.17) is 5.26 Å². The molecule has 0 aliphatic carbocycles. The molecule has 0 atom stereocenters. The van der Waals surface area contributed by atoms with Crippen LogP contribution in [0.5, 0.6) is 0 Å². The lowest BCUT2D eigenvalue weighted by molar-refractivity contribution is -0.385. The van der Waals surface area contributed by atoms with E-state index in [1.807, 2.05) is 6.07 Å². The molecule has 13 heavy (non-hydrogen) atoms. The van der Waals surface area contributed by atoms with E-state index >= 15 is 0 Å². The lowest BCUT2D eigenvalue weighted by Gasteiger charge is -1.99. The Labute approximate surface area is 82.3 Å². The largest absolute Gasteiger partial charge is 0.292 e. The molecule has 0 aromatic carbocycles. The number of aromatic nitrogens is 1. The maximum absolute atomic E-state index is 10.5. The molecular weight excluding hydrogens is 238 g/mol. The van der Waals surface area contributed by atoms with Gasteiger partial charge >= 0.3 is 0 Å². The third-order valence-electron chi connectivity index (χ3n) is 1.43. The second-order valence-electron chi connectivity index (χ2n) is 2.21. The van der Waals surface area contributed by atoms with Crippen LogP contribution in [0.3, 0.4) is 0 Å². The van der Waals surface area contributed by atoms with Crippen LogP contribution in [0.25, 0.3) is 0 Å². The molecule has 0 bridgehead atoms. The van der Waals surface area contributed by atoms with Gasteiger partial charge in [-0.1, -0.05) is 0 Å². The fraction of sp³-hybridized carbons (Fsp3) is 0.143. The molecule has 0 aliphatic rings. The quantitative estimate of drug-likeness (QED) is 0.585. The van der Waals surface area contributed by atoms with Crippen LogP contribution in [0, 0.1) is 21.4 Å². The average Bonchev–Trinajstić information content (AvgIpc) is 2.08. The van der Waals surface area contributed by atoms with Crippen LogP contribution in [0.4, 0.5) is 5.69 Å². The number of nitrogens with zero attached hydrogens (tertiary/aromatic N) is 3. The maximum Gasteiger partial charge on any atom is 0.292 e. The number of pyridine rings is 1. The zero-order valence-corrected chi connectivity index (χ0v) is 7.98. The van der Waals surface area contributed by atoms with Crippen LogP contribution in [0.15, 0.2) is 16.9 Å². The normalized spacial score (nSPS) is 9.23. The number of hydrogen-bond donors (Lipinski definition) is 0. The van der Waals surface area contributed by atoms with Gasteiger partial charge in [-0.3, -0.25) is 15.1 Å². The van der Waals surface area contributed by atoms with E-state index in [-0.39, 0.29) is 12.1 Å². The number of hydrogen-bond acceptors (Lipinski definition) is 4. The summed E-state index contributed by atoms with van der Waals surface area (Å²) in [6.07, 6.45) is 2.57. The molecule has 1 rings (SSSR count). The van der Waals surface area contributed by atoms with E-state index in [9.17, 15) is 10.1 Å². The van der Waals surface area contributed by atoms with E-state index in [2.05, 4.69) is 20.9 Å². The summed E-state index contributed by atoms with van der Waals surface area (Å²) in [5, 5.41) is 18.9. The third-order valence-corrected chi connectivity index (χ3v) is 2.12. The summed E-state index contributed by atoms with van der Waals surface area (Å²) >= 11 is 3.10. The highest BCUT2D eigenvalue weighted by atomic mass is 79.9. The van der Waals surface area contributed by atoms with E-state index in [1.165, 1.54) is 6.20 Å². The van der Waals surface area contributed by atoms with E-state index in [1.54, 1.807) is 0 Å². The summed E-state index contributed by atoms with van der Waals surface area (Å²) in [4.78, 5) is 13.6. The van der Waals surface area contributed by atoms with Crippen molar-refractivity contribution in [2.75, 3.05) is 0 Å². The maximum atomic E-state index is 10.5. The molecule has 0 saturated heterocycles. The Balaban J connectivity index is 3.27. The minimum Gasteiger partial charge on any atom is -0.258 e. The highest BCUT2D eigenvalue weighted by molar-refractivity contribution is 9.10. The Morgan fingerprint density at radius 2 is 2.38 bits per heavy atom. The molecule has 0 aliphatic heterocycles. The average molecular weight is 242 g/mol. The number of nitro groups is 1. The number of nitriles is 1. The van der Waals surface area contributed by atoms with Crippen molar-refractivity contribution in [2.45, 2.75) is 6.42 Å². The van der Waals surface area contributed by atoms with Gasteiger partial charge in [0.05, 0.1) is 23.0 Å². The summed E-state index contributed by atoms with van der Waals surface area (Å²) in [5.74, 6) is 0. The SMILES string of the molecule is N#CCc1c(Br)cncc1[N+](=O)[O-]. The van der Waals surface area contributed by atoms with Crippen molar-refractivity contribution >= 4 is 21.6 Å². The van der Waals surface area contributed by atoms with Crippen LogP contribution < -0.4 is 0 Å². The summed E-state index contributed by atoms with van der Waals surface area (Å²) in [7, 11) is 0. The van der Waals surface area contributed by atoms with E-state index < -0.39 is 4.92 Å². The molecule has 5 nitrogen and oxygen atoms in total. The highest BCUT2D eigenvalue weighted by Crippen LogP contribution is 2.25. The van der Waals surface area contributed by atoms with Gasteiger partial charge in [0.1, 0.15) is 6.20 Å². The van der Waals surface area contributed by atoms with Gasteiger partial charge in [0, 0.05) is 10.7 Å². The molecule has 1 aromatic rings. The lowest BCUT2D eigenvalue weighted by Crippen LogP contribution is -1.96. The van der Waals surface area contributed by atoms with Gasteiger partial charge in [-0.15, -0.1) is 0 Å². The molecule has 0 radical (unpaired) electrons. The minimum absolute atomic E-state index is 0.000579. The van der Waals surface area contributed by atoms with Crippen molar-refractivity contribution in [2.24, 2.45) is 0 Å². The summed E-state index contributed by atoms with van der Waals surface area (Å²) in [6, 6.07) is 1.86. The first-order valence-corrected chi connectivity index (χ1v) is 4.10. The minimum atomic E-state index is -0.551. The van der Waals surface area contributed by atoms with E-state index in [0.717, 1.165) is 6.20 Å². The van der Waals surface area contributed by atoms with Gasteiger partial charge in [0.15, 0.2) is 0 Å². The van der Waals surface area contributed by atoms with Gasteiger partial charge in [-0.05, 0) is 15.9 Å². The molecule has 1 heterocycles. The number of halogens is 1. The Bertz CT molecular complexity index is 386. The first kappa shape index (κ1) is 9.61. The van der Waals surface area contributed by atoms with Crippen LogP contribution in [0.1, 0.15) is 5.56 Å². The van der Waals surface area contributed by atoms with Crippen molar-refractivity contribution in [3.8, 4) is 6.07 Å². The molecule has 0 unspecified atom stereocenters. The van der Waals surface area contributed by atoms with Crippen LogP contribution in [-0.4, -0.2) is 9.91 Å². The fourth-order valence-corrected chi connectivity index (χ4v) is 1.32. The monoisotopic (exact) mass is 241 g/mol. The zero-order valence-electron chi connectivity index (χ0n) is 6.40. The first-order chi connectivity index (χ1) is 6.16. The van der Waals surface area contributed by atoms with Gasteiger partial charge in [-0.2, -0.15) is 5.26 Å². The van der Waals surface area contributed by atoms with E-state index in [0.29, 0.717) is 10.0 Å². The molecule has 0 saturated carbocycles. The standard InChI is InChI=1S/C7H4BrN3O2/c8-6-3-10-4-7(11(12)13)5(6)1-2-9/h3-4H,1H2. The lowest BCUT2D eigenvalue weighted by atomic mass is 10.2. The summed E-state index contributed by atoms with van der Waals surface area (Å²) < 4.78 is 0.489. The van der Waals surface area contributed by atoms with Crippen LogP contribution in [0.2, 0.25) is 0 Å². The third kappa shape index (κ3) is 2.00. The molecule has 66 valence electrons. The van der Waals surface area contributed by atoms with Gasteiger partial charge < -0.3 is 0 Å². The van der Waals surface area contributed by atoms with Crippen molar-refractivity contribution in [1.29, 1.82) is 5.26 Å². The molecule has 0 amide bonds. The predicted octanol–water partition coefficient (Wildman–Crippen LogP) is 1.82. The van der Waals surface area contributed by atoms with Gasteiger partial charge in [-0.25, -0.2) is 0 Å². The second-order valence-corrected chi connectivity index (χ2v) is 3.07. The summed E-state index contributed by atoms with van der Waals surface area (Å²) in [6.45, 7) is 0. The predicted molar refractivity (Wildman–Crippen MR) is 47.9 cm³/mol. The van der Waals surface area contributed by atoms with Gasteiger partial charge in [0.25, 0.3) is 5.69 Å². The second kappa shape index (κ2) is 3.96. The molecule has 1 aromatic heterocycles. The fourth-order valence-electron chi connectivity index (χ4n) is 0.863. The van der Waals surface area contributed by atoms with Crippen LogP contribution >= 0.6 is 15.9 Å². The smallest absolute Gasteiger partial charge is 0.258 e. The van der Waals surface area contributed by atoms with Crippen molar-refractivity contribution < 1.29 is 4.92 Å². The van der Waals surface area contributed by atoms with Crippen LogP contribution in [-0.2, 0) is 6.42 Å². The molecule has 0 fully saturated rings. The molecule has 0 spiro atoms. The Hall–Kier alpha value is -1.48. The molecule has 6 heteroatoms. The Morgan fingerprint density at radius 3 is 2.92 bits per heavy atom.